The largest absolute Gasteiger partial charge is 0.431 e. The first-order valence-electron chi connectivity index (χ1n) is 6.23. The van der Waals surface area contributed by atoms with Crippen molar-refractivity contribution < 1.29 is 14.3 Å². The summed E-state index contributed by atoms with van der Waals surface area (Å²) >= 11 is 0. The number of esters is 1. The molecule has 19 heavy (non-hydrogen) atoms. The molecular formula is C16H16O3. The van der Waals surface area contributed by atoms with Gasteiger partial charge in [0, 0.05) is 11.5 Å². The number of Topliss-reactive ketones (excluding diaryl/α,β-unsaturated/α-hetero) is 1. The first kappa shape index (κ1) is 13.3. The summed E-state index contributed by atoms with van der Waals surface area (Å²) in [6.07, 6.45) is 4.05. The van der Waals surface area contributed by atoms with E-state index in [1.54, 1.807) is 6.92 Å². The van der Waals surface area contributed by atoms with Crippen molar-refractivity contribution in [1.82, 2.24) is 0 Å². The molecule has 0 bridgehead atoms. The van der Waals surface area contributed by atoms with Gasteiger partial charge in [0.15, 0.2) is 5.78 Å². The maximum Gasteiger partial charge on any atom is 0.311 e. The van der Waals surface area contributed by atoms with Crippen LogP contribution in [0.1, 0.15) is 25.8 Å². The van der Waals surface area contributed by atoms with Gasteiger partial charge in [0.2, 0.25) is 0 Å². The number of carbonyl (C=O) groups excluding carboxylic acids is 2. The Bertz CT molecular complexity index is 553. The quantitative estimate of drug-likeness (QED) is 0.780. The lowest BCUT2D eigenvalue weighted by molar-refractivity contribution is -0.141. The van der Waals surface area contributed by atoms with Crippen LogP contribution in [0, 0.1) is 5.92 Å². The molecular weight excluding hydrogens is 240 g/mol. The van der Waals surface area contributed by atoms with Crippen molar-refractivity contribution in [3.63, 3.8) is 0 Å². The van der Waals surface area contributed by atoms with Gasteiger partial charge >= 0.3 is 5.97 Å². The van der Waals surface area contributed by atoms with Crippen LogP contribution >= 0.6 is 0 Å². The summed E-state index contributed by atoms with van der Waals surface area (Å²) in [6.45, 7) is 3.17. The van der Waals surface area contributed by atoms with Crippen LogP contribution in [-0.4, -0.2) is 11.8 Å². The lowest BCUT2D eigenvalue weighted by atomic mass is 9.89. The second-order valence-corrected chi connectivity index (χ2v) is 4.58. The molecule has 0 N–H and O–H groups in total. The zero-order valence-corrected chi connectivity index (χ0v) is 11.1. The Kier molecular flexibility index (Phi) is 3.95. The Morgan fingerprint density at radius 1 is 1.32 bits per heavy atom. The van der Waals surface area contributed by atoms with E-state index in [9.17, 15) is 9.59 Å². The smallest absolute Gasteiger partial charge is 0.311 e. The van der Waals surface area contributed by atoms with Crippen LogP contribution in [0.5, 0.6) is 0 Å². The second kappa shape index (κ2) is 5.65. The van der Waals surface area contributed by atoms with Crippen LogP contribution in [0.3, 0.4) is 0 Å². The summed E-state index contributed by atoms with van der Waals surface area (Å²) in [5.74, 6) is -0.108. The molecule has 0 unspecified atom stereocenters. The van der Waals surface area contributed by atoms with E-state index in [-0.39, 0.29) is 24.1 Å². The number of ether oxygens (including phenoxy) is 1. The number of allylic oxidation sites excluding steroid dienone is 3. The fourth-order valence-corrected chi connectivity index (χ4v) is 2.27. The number of benzene rings is 1. The zero-order valence-electron chi connectivity index (χ0n) is 11.1. The molecule has 1 heterocycles. The van der Waals surface area contributed by atoms with Gasteiger partial charge in [-0.3, -0.25) is 9.59 Å². The van der Waals surface area contributed by atoms with E-state index in [1.807, 2.05) is 42.5 Å². The van der Waals surface area contributed by atoms with E-state index in [1.165, 1.54) is 6.92 Å². The average molecular weight is 256 g/mol. The molecule has 3 heteroatoms. The topological polar surface area (TPSA) is 43.4 Å². The summed E-state index contributed by atoms with van der Waals surface area (Å²) < 4.78 is 5.03. The minimum atomic E-state index is -0.287. The van der Waals surface area contributed by atoms with E-state index in [2.05, 4.69) is 0 Å². The monoisotopic (exact) mass is 256 g/mol. The highest BCUT2D eigenvalue weighted by Crippen LogP contribution is 2.28. The van der Waals surface area contributed by atoms with Gasteiger partial charge in [0.25, 0.3) is 0 Å². The van der Waals surface area contributed by atoms with Gasteiger partial charge in [-0.05, 0) is 19.4 Å². The maximum absolute atomic E-state index is 11.7. The maximum atomic E-state index is 11.7. The predicted octanol–water partition coefficient (Wildman–Crippen LogP) is 3.13. The molecule has 1 aromatic rings. The summed E-state index contributed by atoms with van der Waals surface area (Å²) in [4.78, 5) is 23.1. The normalized spacial score (nSPS) is 19.7. The van der Waals surface area contributed by atoms with Gasteiger partial charge in [-0.25, -0.2) is 0 Å². The molecule has 1 aliphatic rings. The molecule has 0 aromatic heterocycles. The lowest BCUT2D eigenvalue weighted by Crippen LogP contribution is -2.23. The Morgan fingerprint density at radius 2 is 2.00 bits per heavy atom. The Hall–Kier alpha value is -2.16. The summed E-state index contributed by atoms with van der Waals surface area (Å²) in [5, 5.41) is 0. The molecule has 0 fully saturated rings. The van der Waals surface area contributed by atoms with Crippen LogP contribution in [0.25, 0.3) is 6.08 Å². The standard InChI is InChI=1S/C16H16O3/c1-11(17)16-12(2)19-15(18)10-14(16)9-8-13-6-4-3-5-7-13/h3-9,14H,10H2,1-2H3/b9-8+/t14-/m0/s1. The molecule has 0 aliphatic carbocycles. The van der Waals surface area contributed by atoms with E-state index in [0.29, 0.717) is 11.3 Å². The second-order valence-electron chi connectivity index (χ2n) is 4.58. The molecule has 1 atom stereocenters. The van der Waals surface area contributed by atoms with Crippen LogP contribution in [0.4, 0.5) is 0 Å². The molecule has 3 nitrogen and oxygen atoms in total. The number of cyclic esters (lactones) is 1. The minimum absolute atomic E-state index is 0.0484. The Morgan fingerprint density at radius 3 is 2.63 bits per heavy atom. The molecule has 0 saturated carbocycles. The van der Waals surface area contributed by atoms with Gasteiger partial charge < -0.3 is 4.74 Å². The number of hydrogen-bond acceptors (Lipinski definition) is 3. The van der Waals surface area contributed by atoms with Crippen molar-refractivity contribution in [1.29, 1.82) is 0 Å². The van der Waals surface area contributed by atoms with Crippen LogP contribution in [0.15, 0.2) is 47.7 Å². The minimum Gasteiger partial charge on any atom is -0.431 e. The highest BCUT2D eigenvalue weighted by Gasteiger charge is 2.28. The van der Waals surface area contributed by atoms with E-state index < -0.39 is 0 Å². The van der Waals surface area contributed by atoms with Crippen molar-refractivity contribution in [3.05, 3.63) is 53.3 Å². The van der Waals surface area contributed by atoms with E-state index in [0.717, 1.165) is 5.56 Å². The van der Waals surface area contributed by atoms with Crippen molar-refractivity contribution in [2.24, 2.45) is 5.92 Å². The third kappa shape index (κ3) is 3.19. The van der Waals surface area contributed by atoms with Crippen molar-refractivity contribution >= 4 is 17.8 Å². The molecule has 1 aliphatic heterocycles. The summed E-state index contributed by atoms with van der Waals surface area (Å²) in [7, 11) is 0. The number of hydrogen-bond donors (Lipinski definition) is 0. The van der Waals surface area contributed by atoms with Crippen LogP contribution in [0.2, 0.25) is 0 Å². The number of ketones is 1. The molecule has 2 rings (SSSR count). The third-order valence-electron chi connectivity index (χ3n) is 3.10. The molecule has 0 saturated heterocycles. The summed E-state index contributed by atoms with van der Waals surface area (Å²) in [6, 6.07) is 9.78. The highest BCUT2D eigenvalue weighted by molar-refractivity contribution is 5.96. The molecule has 0 radical (unpaired) electrons. The molecule has 0 amide bonds. The predicted molar refractivity (Wildman–Crippen MR) is 73.1 cm³/mol. The molecule has 98 valence electrons. The van der Waals surface area contributed by atoms with Gasteiger partial charge in [0.1, 0.15) is 5.76 Å². The Labute approximate surface area is 112 Å². The molecule has 1 aromatic carbocycles. The fourth-order valence-electron chi connectivity index (χ4n) is 2.27. The van der Waals surface area contributed by atoms with Gasteiger partial charge in [-0.15, -0.1) is 0 Å². The number of carbonyl (C=O) groups is 2. The van der Waals surface area contributed by atoms with Crippen LogP contribution in [-0.2, 0) is 14.3 Å². The average Bonchev–Trinajstić information content (AvgIpc) is 2.36. The zero-order chi connectivity index (χ0) is 13.8. The fraction of sp³-hybridized carbons (Fsp3) is 0.250. The van der Waals surface area contributed by atoms with Crippen molar-refractivity contribution in [2.75, 3.05) is 0 Å². The van der Waals surface area contributed by atoms with Crippen molar-refractivity contribution in [3.8, 4) is 0 Å². The lowest BCUT2D eigenvalue weighted by Gasteiger charge is -2.22. The van der Waals surface area contributed by atoms with Gasteiger partial charge in [-0.2, -0.15) is 0 Å². The van der Waals surface area contributed by atoms with Crippen LogP contribution < -0.4 is 0 Å². The molecule has 0 spiro atoms. The Balaban J connectivity index is 2.27. The first-order valence-corrected chi connectivity index (χ1v) is 6.23. The van der Waals surface area contributed by atoms with E-state index in [4.69, 9.17) is 4.74 Å². The SMILES string of the molecule is CC(=O)C1=C(C)OC(=O)C[C@@H]1/C=C/c1ccccc1. The third-order valence-corrected chi connectivity index (χ3v) is 3.10. The number of rotatable bonds is 3. The van der Waals surface area contributed by atoms with Crippen molar-refractivity contribution in [2.45, 2.75) is 20.3 Å². The first-order chi connectivity index (χ1) is 9.08. The summed E-state index contributed by atoms with van der Waals surface area (Å²) in [5.41, 5.74) is 1.63. The highest BCUT2D eigenvalue weighted by atomic mass is 16.5. The van der Waals surface area contributed by atoms with Gasteiger partial charge in [0.05, 0.1) is 6.42 Å². The van der Waals surface area contributed by atoms with E-state index >= 15 is 0 Å². The van der Waals surface area contributed by atoms with Gasteiger partial charge in [-0.1, -0.05) is 42.5 Å².